The van der Waals surface area contributed by atoms with E-state index in [1.54, 1.807) is 0 Å². The van der Waals surface area contributed by atoms with Crippen molar-refractivity contribution in [2.45, 2.75) is 31.7 Å². The second kappa shape index (κ2) is 3.86. The second-order valence-corrected chi connectivity index (χ2v) is 3.99. The number of carboxylic acid groups (broad SMARTS) is 1. The summed E-state index contributed by atoms with van der Waals surface area (Å²) >= 11 is 0. The van der Waals surface area contributed by atoms with E-state index < -0.39 is 5.97 Å². The SMILES string of the molecule is O=C(O)C1CCCC(n2cccc2)C1. The molecule has 1 heterocycles. The number of nitrogens with zero attached hydrogens (tertiary/aromatic N) is 1. The molecule has 1 saturated carbocycles. The molecule has 76 valence electrons. The van der Waals surface area contributed by atoms with Gasteiger partial charge < -0.3 is 9.67 Å². The first kappa shape index (κ1) is 9.31. The van der Waals surface area contributed by atoms with Gasteiger partial charge in [0.15, 0.2) is 0 Å². The fraction of sp³-hybridized carbons (Fsp3) is 0.545. The lowest BCUT2D eigenvalue weighted by atomic mass is 9.86. The van der Waals surface area contributed by atoms with Gasteiger partial charge in [-0.05, 0) is 31.4 Å². The Kier molecular flexibility index (Phi) is 2.57. The van der Waals surface area contributed by atoms with Gasteiger partial charge in [-0.3, -0.25) is 4.79 Å². The number of aliphatic carboxylic acids is 1. The van der Waals surface area contributed by atoms with Crippen molar-refractivity contribution in [3.8, 4) is 0 Å². The molecule has 1 aliphatic rings. The van der Waals surface area contributed by atoms with Crippen molar-refractivity contribution in [1.29, 1.82) is 0 Å². The van der Waals surface area contributed by atoms with Crippen LogP contribution in [0, 0.1) is 5.92 Å². The van der Waals surface area contributed by atoms with Crippen molar-refractivity contribution >= 4 is 5.97 Å². The molecule has 0 bridgehead atoms. The molecule has 0 saturated heterocycles. The van der Waals surface area contributed by atoms with Crippen LogP contribution in [0.4, 0.5) is 0 Å². The Bertz CT molecular complexity index is 305. The van der Waals surface area contributed by atoms with Gasteiger partial charge in [0, 0.05) is 18.4 Å². The molecule has 1 fully saturated rings. The summed E-state index contributed by atoms with van der Waals surface area (Å²) in [4.78, 5) is 10.9. The number of rotatable bonds is 2. The zero-order valence-corrected chi connectivity index (χ0v) is 8.10. The summed E-state index contributed by atoms with van der Waals surface area (Å²) in [7, 11) is 0. The van der Waals surface area contributed by atoms with Crippen LogP contribution in [-0.2, 0) is 4.79 Å². The molecular weight excluding hydrogens is 178 g/mol. The van der Waals surface area contributed by atoms with Crippen molar-refractivity contribution in [2.24, 2.45) is 5.92 Å². The van der Waals surface area contributed by atoms with Gasteiger partial charge in [-0.2, -0.15) is 0 Å². The lowest BCUT2D eigenvalue weighted by Crippen LogP contribution is -2.24. The molecule has 1 aliphatic carbocycles. The van der Waals surface area contributed by atoms with Gasteiger partial charge in [0.2, 0.25) is 0 Å². The Labute approximate surface area is 83.4 Å². The molecule has 2 unspecified atom stereocenters. The van der Waals surface area contributed by atoms with E-state index in [9.17, 15) is 4.79 Å². The Morgan fingerprint density at radius 3 is 2.64 bits per heavy atom. The predicted octanol–water partition coefficient (Wildman–Crippen LogP) is 2.30. The van der Waals surface area contributed by atoms with Crippen molar-refractivity contribution in [3.05, 3.63) is 24.5 Å². The van der Waals surface area contributed by atoms with Crippen molar-refractivity contribution < 1.29 is 9.90 Å². The lowest BCUT2D eigenvalue weighted by molar-refractivity contribution is -0.143. The predicted molar refractivity (Wildman–Crippen MR) is 53.1 cm³/mol. The fourth-order valence-corrected chi connectivity index (χ4v) is 2.25. The Hall–Kier alpha value is -1.25. The molecule has 2 atom stereocenters. The van der Waals surface area contributed by atoms with Crippen molar-refractivity contribution in [3.63, 3.8) is 0 Å². The largest absolute Gasteiger partial charge is 0.481 e. The van der Waals surface area contributed by atoms with E-state index in [2.05, 4.69) is 4.57 Å². The first-order valence-electron chi connectivity index (χ1n) is 5.12. The maximum absolute atomic E-state index is 10.9. The molecule has 1 aromatic rings. The normalized spacial score (nSPS) is 27.4. The quantitative estimate of drug-likeness (QED) is 0.783. The fourth-order valence-electron chi connectivity index (χ4n) is 2.25. The third-order valence-corrected chi connectivity index (χ3v) is 3.04. The highest BCUT2D eigenvalue weighted by Gasteiger charge is 2.27. The number of aromatic nitrogens is 1. The summed E-state index contributed by atoms with van der Waals surface area (Å²) < 4.78 is 2.13. The van der Waals surface area contributed by atoms with E-state index in [0.717, 1.165) is 25.7 Å². The third kappa shape index (κ3) is 1.81. The Balaban J connectivity index is 2.04. The molecule has 0 aliphatic heterocycles. The summed E-state index contributed by atoms with van der Waals surface area (Å²) in [5.74, 6) is -0.780. The Morgan fingerprint density at radius 2 is 2.00 bits per heavy atom. The summed E-state index contributed by atoms with van der Waals surface area (Å²) in [5.41, 5.74) is 0. The zero-order chi connectivity index (χ0) is 9.97. The Morgan fingerprint density at radius 1 is 1.29 bits per heavy atom. The molecule has 3 nitrogen and oxygen atoms in total. The van der Waals surface area contributed by atoms with E-state index in [1.165, 1.54) is 0 Å². The van der Waals surface area contributed by atoms with Crippen LogP contribution in [0.25, 0.3) is 0 Å². The molecule has 0 aromatic carbocycles. The standard InChI is InChI=1S/C11H15NO2/c13-11(14)9-4-3-5-10(8-9)12-6-1-2-7-12/h1-2,6-7,9-10H,3-5,8H2,(H,13,14). The van der Waals surface area contributed by atoms with Crippen LogP contribution >= 0.6 is 0 Å². The van der Waals surface area contributed by atoms with Crippen LogP contribution < -0.4 is 0 Å². The van der Waals surface area contributed by atoms with E-state index in [-0.39, 0.29) is 5.92 Å². The molecule has 0 radical (unpaired) electrons. The van der Waals surface area contributed by atoms with Crippen LogP contribution in [0.5, 0.6) is 0 Å². The highest BCUT2D eigenvalue weighted by atomic mass is 16.4. The zero-order valence-electron chi connectivity index (χ0n) is 8.10. The molecule has 0 spiro atoms. The number of hydrogen-bond acceptors (Lipinski definition) is 1. The summed E-state index contributed by atoms with van der Waals surface area (Å²) in [5, 5.41) is 8.94. The average Bonchev–Trinajstić information content (AvgIpc) is 2.71. The maximum atomic E-state index is 10.9. The van der Waals surface area contributed by atoms with Crippen LogP contribution in [0.15, 0.2) is 24.5 Å². The van der Waals surface area contributed by atoms with Crippen LogP contribution in [0.2, 0.25) is 0 Å². The summed E-state index contributed by atoms with van der Waals surface area (Å²) in [6.07, 6.45) is 7.80. The second-order valence-electron chi connectivity index (χ2n) is 3.99. The highest BCUT2D eigenvalue weighted by molar-refractivity contribution is 5.70. The molecule has 1 N–H and O–H groups in total. The number of carboxylic acids is 1. The number of carbonyl (C=O) groups is 1. The van der Waals surface area contributed by atoms with Crippen LogP contribution in [0.3, 0.4) is 0 Å². The number of hydrogen-bond donors (Lipinski definition) is 1. The molecular formula is C11H15NO2. The molecule has 2 rings (SSSR count). The van der Waals surface area contributed by atoms with Gasteiger partial charge >= 0.3 is 5.97 Å². The topological polar surface area (TPSA) is 42.2 Å². The summed E-state index contributed by atoms with van der Waals surface area (Å²) in [6, 6.07) is 4.37. The molecule has 0 amide bonds. The van der Waals surface area contributed by atoms with Crippen molar-refractivity contribution in [2.75, 3.05) is 0 Å². The van der Waals surface area contributed by atoms with E-state index >= 15 is 0 Å². The third-order valence-electron chi connectivity index (χ3n) is 3.04. The maximum Gasteiger partial charge on any atom is 0.306 e. The average molecular weight is 193 g/mol. The highest BCUT2D eigenvalue weighted by Crippen LogP contribution is 2.32. The van der Waals surface area contributed by atoms with Crippen molar-refractivity contribution in [1.82, 2.24) is 4.57 Å². The van der Waals surface area contributed by atoms with Gasteiger partial charge in [-0.1, -0.05) is 6.42 Å². The summed E-state index contributed by atoms with van der Waals surface area (Å²) in [6.45, 7) is 0. The monoisotopic (exact) mass is 193 g/mol. The minimum absolute atomic E-state index is 0.142. The van der Waals surface area contributed by atoms with Gasteiger partial charge in [-0.25, -0.2) is 0 Å². The van der Waals surface area contributed by atoms with Gasteiger partial charge in [0.05, 0.1) is 5.92 Å². The first-order chi connectivity index (χ1) is 6.77. The van der Waals surface area contributed by atoms with Crippen LogP contribution in [0.1, 0.15) is 31.7 Å². The first-order valence-corrected chi connectivity index (χ1v) is 5.12. The van der Waals surface area contributed by atoms with Gasteiger partial charge in [0.25, 0.3) is 0 Å². The van der Waals surface area contributed by atoms with E-state index in [0.29, 0.717) is 6.04 Å². The van der Waals surface area contributed by atoms with E-state index in [4.69, 9.17) is 5.11 Å². The van der Waals surface area contributed by atoms with Gasteiger partial charge in [0.1, 0.15) is 0 Å². The molecule has 14 heavy (non-hydrogen) atoms. The van der Waals surface area contributed by atoms with Crippen LogP contribution in [-0.4, -0.2) is 15.6 Å². The minimum Gasteiger partial charge on any atom is -0.481 e. The molecule has 3 heteroatoms. The minimum atomic E-state index is -0.637. The van der Waals surface area contributed by atoms with Gasteiger partial charge in [-0.15, -0.1) is 0 Å². The van der Waals surface area contributed by atoms with E-state index in [1.807, 2.05) is 24.5 Å². The lowest BCUT2D eigenvalue weighted by Gasteiger charge is -2.27. The smallest absolute Gasteiger partial charge is 0.306 e. The molecule has 1 aromatic heterocycles.